The van der Waals surface area contributed by atoms with E-state index in [1.807, 2.05) is 30.3 Å². The van der Waals surface area contributed by atoms with Crippen LogP contribution in [0.5, 0.6) is 0 Å². The van der Waals surface area contributed by atoms with E-state index in [-0.39, 0.29) is 12.2 Å². The fourth-order valence-corrected chi connectivity index (χ4v) is 1.24. The molecule has 0 radical (unpaired) electrons. The Kier molecular flexibility index (Phi) is 1.64. The first-order chi connectivity index (χ1) is 5.38. The Morgan fingerprint density at radius 3 is 2.45 bits per heavy atom. The Morgan fingerprint density at radius 1 is 1.27 bits per heavy atom. The highest BCUT2D eigenvalue weighted by molar-refractivity contribution is 5.20. The highest BCUT2D eigenvalue weighted by atomic mass is 16.5. The maximum absolute atomic E-state index is 9.24. The first-order valence-electron chi connectivity index (χ1n) is 3.72. The van der Waals surface area contributed by atoms with Crippen LogP contribution >= 0.6 is 0 Å². The van der Waals surface area contributed by atoms with Gasteiger partial charge >= 0.3 is 0 Å². The van der Waals surface area contributed by atoms with E-state index in [0.29, 0.717) is 6.61 Å². The summed E-state index contributed by atoms with van der Waals surface area (Å²) in [6.07, 6.45) is -0.395. The van der Waals surface area contributed by atoms with Gasteiger partial charge in [-0.05, 0) is 5.56 Å². The van der Waals surface area contributed by atoms with E-state index in [9.17, 15) is 5.11 Å². The van der Waals surface area contributed by atoms with E-state index in [1.54, 1.807) is 0 Å². The Labute approximate surface area is 65.4 Å². The maximum Gasteiger partial charge on any atom is 0.111 e. The van der Waals surface area contributed by atoms with Crippen LogP contribution < -0.4 is 0 Å². The van der Waals surface area contributed by atoms with Gasteiger partial charge in [-0.3, -0.25) is 0 Å². The molecule has 1 N–H and O–H groups in total. The van der Waals surface area contributed by atoms with Gasteiger partial charge in [0.2, 0.25) is 0 Å². The van der Waals surface area contributed by atoms with Gasteiger partial charge < -0.3 is 9.84 Å². The maximum atomic E-state index is 9.24. The minimum atomic E-state index is -0.308. The zero-order chi connectivity index (χ0) is 7.68. The second kappa shape index (κ2) is 2.64. The first-order valence-corrected chi connectivity index (χ1v) is 3.72. The van der Waals surface area contributed by atoms with Crippen LogP contribution in [0, 0.1) is 0 Å². The molecule has 1 aliphatic heterocycles. The van der Waals surface area contributed by atoms with Gasteiger partial charge in [-0.15, -0.1) is 0 Å². The summed E-state index contributed by atoms with van der Waals surface area (Å²) in [5.74, 6) is 0. The van der Waals surface area contributed by atoms with Crippen LogP contribution in [0.15, 0.2) is 30.3 Å². The summed E-state index contributed by atoms with van der Waals surface area (Å²) < 4.78 is 5.18. The summed E-state index contributed by atoms with van der Waals surface area (Å²) in [5.41, 5.74) is 1.06. The Balaban J connectivity index is 2.17. The quantitative estimate of drug-likeness (QED) is 0.650. The van der Waals surface area contributed by atoms with Gasteiger partial charge in [0.1, 0.15) is 12.2 Å². The van der Waals surface area contributed by atoms with Crippen molar-refractivity contribution in [3.05, 3.63) is 35.9 Å². The number of hydrogen-bond acceptors (Lipinski definition) is 2. The van der Waals surface area contributed by atoms with E-state index in [2.05, 4.69) is 0 Å². The molecule has 11 heavy (non-hydrogen) atoms. The van der Waals surface area contributed by atoms with Crippen LogP contribution in [0.25, 0.3) is 0 Å². The van der Waals surface area contributed by atoms with Crippen molar-refractivity contribution < 1.29 is 9.84 Å². The summed E-state index contributed by atoms with van der Waals surface area (Å²) in [4.78, 5) is 0. The number of aliphatic hydroxyl groups is 1. The average molecular weight is 150 g/mol. The molecule has 1 saturated heterocycles. The normalized spacial score (nSPS) is 29.5. The molecule has 0 unspecified atom stereocenters. The number of rotatable bonds is 1. The lowest BCUT2D eigenvalue weighted by Crippen LogP contribution is -2.37. The molecule has 58 valence electrons. The fourth-order valence-electron chi connectivity index (χ4n) is 1.24. The summed E-state index contributed by atoms with van der Waals surface area (Å²) >= 11 is 0. The van der Waals surface area contributed by atoms with Crippen LogP contribution in [-0.2, 0) is 4.74 Å². The molecule has 0 spiro atoms. The van der Waals surface area contributed by atoms with Gasteiger partial charge in [-0.25, -0.2) is 0 Å². The Bertz CT molecular complexity index is 233. The molecule has 1 aliphatic rings. The predicted molar refractivity (Wildman–Crippen MR) is 41.1 cm³/mol. The molecule has 2 heteroatoms. The van der Waals surface area contributed by atoms with E-state index in [4.69, 9.17) is 4.74 Å². The fraction of sp³-hybridized carbons (Fsp3) is 0.333. The summed E-state index contributed by atoms with van der Waals surface area (Å²) in [5, 5.41) is 9.24. The minimum absolute atomic E-state index is 0.0869. The van der Waals surface area contributed by atoms with Crippen LogP contribution in [-0.4, -0.2) is 17.8 Å². The zero-order valence-electron chi connectivity index (χ0n) is 6.10. The average Bonchev–Trinajstić information content (AvgIpc) is 2.04. The molecular formula is C9H10O2. The van der Waals surface area contributed by atoms with E-state index < -0.39 is 0 Å². The summed E-state index contributed by atoms with van der Waals surface area (Å²) in [7, 11) is 0. The lowest BCUT2D eigenvalue weighted by molar-refractivity contribution is -0.165. The van der Waals surface area contributed by atoms with Crippen molar-refractivity contribution in [3.63, 3.8) is 0 Å². The monoisotopic (exact) mass is 150 g/mol. The van der Waals surface area contributed by atoms with Crippen molar-refractivity contribution in [2.24, 2.45) is 0 Å². The predicted octanol–water partition coefficient (Wildman–Crippen LogP) is 1.12. The lowest BCUT2D eigenvalue weighted by atomic mass is 10.0. The highest BCUT2D eigenvalue weighted by Crippen LogP contribution is 2.29. The van der Waals surface area contributed by atoms with Crippen molar-refractivity contribution in [1.82, 2.24) is 0 Å². The number of ether oxygens (including phenoxy) is 1. The topological polar surface area (TPSA) is 29.5 Å². The van der Waals surface area contributed by atoms with Crippen molar-refractivity contribution in [1.29, 1.82) is 0 Å². The standard InChI is InChI=1S/C9H10O2/c10-8-6-11-9(8)7-4-2-1-3-5-7/h1-5,8-10H,6H2/t8-,9-/m1/s1. The number of benzene rings is 1. The molecule has 2 nitrogen and oxygen atoms in total. The van der Waals surface area contributed by atoms with E-state index >= 15 is 0 Å². The Hall–Kier alpha value is -0.860. The van der Waals surface area contributed by atoms with Gasteiger partial charge in [0.15, 0.2) is 0 Å². The third-order valence-corrected chi connectivity index (χ3v) is 1.92. The van der Waals surface area contributed by atoms with Crippen molar-refractivity contribution in [2.75, 3.05) is 6.61 Å². The minimum Gasteiger partial charge on any atom is -0.388 e. The summed E-state index contributed by atoms with van der Waals surface area (Å²) in [6.45, 7) is 0.472. The van der Waals surface area contributed by atoms with E-state index in [1.165, 1.54) is 0 Å². The van der Waals surface area contributed by atoms with Gasteiger partial charge in [-0.2, -0.15) is 0 Å². The van der Waals surface area contributed by atoms with Crippen molar-refractivity contribution in [2.45, 2.75) is 12.2 Å². The SMILES string of the molecule is O[C@@H]1CO[C@@H]1c1ccccc1. The molecule has 2 atom stereocenters. The van der Waals surface area contributed by atoms with Gasteiger partial charge in [0, 0.05) is 0 Å². The molecule has 1 fully saturated rings. The lowest BCUT2D eigenvalue weighted by Gasteiger charge is -2.32. The molecule has 2 rings (SSSR count). The first kappa shape index (κ1) is 6.83. The van der Waals surface area contributed by atoms with Crippen molar-refractivity contribution in [3.8, 4) is 0 Å². The number of aliphatic hydroxyl groups excluding tert-OH is 1. The Morgan fingerprint density at radius 2 is 2.00 bits per heavy atom. The second-order valence-electron chi connectivity index (χ2n) is 2.73. The van der Waals surface area contributed by atoms with Gasteiger partial charge in [-0.1, -0.05) is 30.3 Å². The molecule has 0 saturated carbocycles. The molecule has 1 aromatic rings. The molecule has 1 aromatic carbocycles. The van der Waals surface area contributed by atoms with Crippen LogP contribution in [0.2, 0.25) is 0 Å². The largest absolute Gasteiger partial charge is 0.388 e. The van der Waals surface area contributed by atoms with Crippen LogP contribution in [0.4, 0.5) is 0 Å². The van der Waals surface area contributed by atoms with Crippen LogP contribution in [0.3, 0.4) is 0 Å². The zero-order valence-corrected chi connectivity index (χ0v) is 6.10. The molecule has 0 bridgehead atoms. The van der Waals surface area contributed by atoms with Gasteiger partial charge in [0.05, 0.1) is 6.61 Å². The second-order valence-corrected chi connectivity index (χ2v) is 2.73. The third kappa shape index (κ3) is 1.15. The summed E-state index contributed by atoms with van der Waals surface area (Å²) in [6, 6.07) is 9.78. The molecule has 0 aliphatic carbocycles. The third-order valence-electron chi connectivity index (χ3n) is 1.92. The molecule has 0 amide bonds. The van der Waals surface area contributed by atoms with Crippen LogP contribution in [0.1, 0.15) is 11.7 Å². The van der Waals surface area contributed by atoms with Gasteiger partial charge in [0.25, 0.3) is 0 Å². The number of hydrogen-bond donors (Lipinski definition) is 1. The smallest absolute Gasteiger partial charge is 0.111 e. The molecule has 0 aromatic heterocycles. The molecule has 1 heterocycles. The highest BCUT2D eigenvalue weighted by Gasteiger charge is 2.30. The molecular weight excluding hydrogens is 140 g/mol. The van der Waals surface area contributed by atoms with E-state index in [0.717, 1.165) is 5.56 Å². The van der Waals surface area contributed by atoms with Crippen molar-refractivity contribution >= 4 is 0 Å².